The predicted molar refractivity (Wildman–Crippen MR) is 135 cm³/mol. The maximum atomic E-state index is 12.5. The van der Waals surface area contributed by atoms with Gasteiger partial charge in [-0.3, -0.25) is 5.32 Å². The first-order valence-corrected chi connectivity index (χ1v) is 11.8. The summed E-state index contributed by atoms with van der Waals surface area (Å²) in [6.07, 6.45) is -2.11. The van der Waals surface area contributed by atoms with E-state index in [-0.39, 0.29) is 25.3 Å². The summed E-state index contributed by atoms with van der Waals surface area (Å²) in [7, 11) is 1.58. The number of carbonyl (C=O) groups excluding carboxylic acids is 2. The Hall–Kier alpha value is -4.28. The molecule has 37 heavy (non-hydrogen) atoms. The summed E-state index contributed by atoms with van der Waals surface area (Å²) < 4.78 is 28.0. The summed E-state index contributed by atoms with van der Waals surface area (Å²) >= 11 is 0. The highest BCUT2D eigenvalue weighted by molar-refractivity contribution is 5.89. The van der Waals surface area contributed by atoms with Crippen LogP contribution >= 0.6 is 0 Å². The molecule has 0 aromatic heterocycles. The summed E-state index contributed by atoms with van der Waals surface area (Å²) in [5.41, 5.74) is 1.18. The molecule has 0 spiro atoms. The van der Waals surface area contributed by atoms with Gasteiger partial charge in [0, 0.05) is 11.4 Å². The van der Waals surface area contributed by atoms with Crippen LogP contribution in [0.15, 0.2) is 78.9 Å². The normalized spacial score (nSPS) is 22.0. The third-order valence-corrected chi connectivity index (χ3v) is 6.01. The fourth-order valence-electron chi connectivity index (χ4n) is 4.21. The highest BCUT2D eigenvalue weighted by Crippen LogP contribution is 2.29. The number of para-hydroxylation sites is 1. The molecule has 2 heterocycles. The second kappa shape index (κ2) is 11.2. The average Bonchev–Trinajstić information content (AvgIpc) is 3.49. The molecule has 3 amide bonds. The van der Waals surface area contributed by atoms with Gasteiger partial charge in [0.25, 0.3) is 0 Å². The van der Waals surface area contributed by atoms with Crippen molar-refractivity contribution in [2.24, 2.45) is 0 Å². The van der Waals surface area contributed by atoms with Crippen molar-refractivity contribution < 1.29 is 33.3 Å². The van der Waals surface area contributed by atoms with E-state index in [4.69, 9.17) is 23.7 Å². The van der Waals surface area contributed by atoms with E-state index in [1.165, 1.54) is 0 Å². The van der Waals surface area contributed by atoms with Crippen LogP contribution in [0.3, 0.4) is 0 Å². The van der Waals surface area contributed by atoms with Crippen LogP contribution in [0.5, 0.6) is 17.2 Å². The van der Waals surface area contributed by atoms with Crippen LogP contribution in [0.2, 0.25) is 0 Å². The fraction of sp³-hybridized carbons (Fsp3) is 0.259. The molecule has 2 aliphatic heterocycles. The number of rotatable bonds is 7. The second-order valence-corrected chi connectivity index (χ2v) is 8.54. The zero-order valence-corrected chi connectivity index (χ0v) is 20.1. The predicted octanol–water partition coefficient (Wildman–Crippen LogP) is 4.39. The minimum absolute atomic E-state index is 0.172. The van der Waals surface area contributed by atoms with Gasteiger partial charge < -0.3 is 34.3 Å². The van der Waals surface area contributed by atoms with Gasteiger partial charge in [-0.05, 0) is 60.7 Å². The summed E-state index contributed by atoms with van der Waals surface area (Å²) in [6, 6.07) is 22.6. The molecular weight excluding hydrogens is 478 g/mol. The van der Waals surface area contributed by atoms with Gasteiger partial charge in [0.05, 0.1) is 26.4 Å². The number of hydrogen-bond acceptors (Lipinski definition) is 7. The zero-order chi connectivity index (χ0) is 25.6. The molecule has 3 aromatic carbocycles. The van der Waals surface area contributed by atoms with E-state index >= 15 is 0 Å². The van der Waals surface area contributed by atoms with Crippen molar-refractivity contribution in [1.82, 2.24) is 5.32 Å². The van der Waals surface area contributed by atoms with Gasteiger partial charge in [-0.15, -0.1) is 0 Å². The Balaban J connectivity index is 1.08. The molecule has 10 nitrogen and oxygen atoms in total. The minimum Gasteiger partial charge on any atom is -0.497 e. The Bertz CT molecular complexity index is 1200. The highest BCUT2D eigenvalue weighted by Gasteiger charge is 2.50. The lowest BCUT2D eigenvalue weighted by Gasteiger charge is -2.18. The lowest BCUT2D eigenvalue weighted by Crippen LogP contribution is -2.46. The van der Waals surface area contributed by atoms with Crippen molar-refractivity contribution in [1.29, 1.82) is 0 Å². The van der Waals surface area contributed by atoms with Gasteiger partial charge in [0.2, 0.25) is 0 Å². The molecule has 2 fully saturated rings. The monoisotopic (exact) mass is 505 g/mol. The number of urea groups is 1. The van der Waals surface area contributed by atoms with E-state index < -0.39 is 24.4 Å². The molecule has 0 aliphatic carbocycles. The second-order valence-electron chi connectivity index (χ2n) is 8.54. The largest absolute Gasteiger partial charge is 0.497 e. The van der Waals surface area contributed by atoms with Crippen LogP contribution in [0.4, 0.5) is 21.0 Å². The lowest BCUT2D eigenvalue weighted by molar-refractivity contribution is 0.00873. The number of amides is 3. The highest BCUT2D eigenvalue weighted by atomic mass is 16.6. The zero-order valence-electron chi connectivity index (χ0n) is 20.1. The first-order chi connectivity index (χ1) is 18.1. The van der Waals surface area contributed by atoms with Crippen molar-refractivity contribution in [3.05, 3.63) is 78.9 Å². The van der Waals surface area contributed by atoms with Gasteiger partial charge in [-0.2, -0.15) is 0 Å². The van der Waals surface area contributed by atoms with Crippen LogP contribution in [0, 0.1) is 0 Å². The molecule has 0 saturated carbocycles. The number of benzene rings is 3. The quantitative estimate of drug-likeness (QED) is 0.436. The van der Waals surface area contributed by atoms with Crippen molar-refractivity contribution in [3.63, 3.8) is 0 Å². The molecule has 0 unspecified atom stereocenters. The molecule has 5 rings (SSSR count). The van der Waals surface area contributed by atoms with Crippen LogP contribution in [0.25, 0.3) is 0 Å². The molecule has 3 N–H and O–H groups in total. The van der Waals surface area contributed by atoms with E-state index in [2.05, 4.69) is 16.0 Å². The van der Waals surface area contributed by atoms with Crippen LogP contribution in [-0.2, 0) is 14.2 Å². The van der Waals surface area contributed by atoms with Crippen molar-refractivity contribution in [3.8, 4) is 17.2 Å². The maximum absolute atomic E-state index is 12.5. The third-order valence-electron chi connectivity index (χ3n) is 6.01. The third kappa shape index (κ3) is 6.11. The molecule has 2 aliphatic rings. The van der Waals surface area contributed by atoms with Crippen LogP contribution < -0.4 is 25.4 Å². The number of ether oxygens (including phenoxy) is 5. The van der Waals surface area contributed by atoms with Crippen LogP contribution in [0.1, 0.15) is 0 Å². The standard InChI is InChI=1S/C27H27N3O7/c1-33-19-11-7-17(8-12-19)28-26(31)30-22-15-34-25-23(16-35-24(22)25)37-27(32)29-18-9-13-21(14-10-18)36-20-5-3-2-4-6-20/h2-14,22-25H,15-16H2,1H3,(H,29,32)(H2,28,30,31)/t22-,23+,24+,25+/m0/s1. The summed E-state index contributed by atoms with van der Waals surface area (Å²) in [4.78, 5) is 24.9. The molecule has 192 valence electrons. The van der Waals surface area contributed by atoms with E-state index in [1.54, 1.807) is 55.6 Å². The first kappa shape index (κ1) is 24.4. The summed E-state index contributed by atoms with van der Waals surface area (Å²) in [6.45, 7) is 0.417. The number of methoxy groups -OCH3 is 1. The number of hydrogen-bond donors (Lipinski definition) is 3. The van der Waals surface area contributed by atoms with Gasteiger partial charge in [0.15, 0.2) is 6.10 Å². The van der Waals surface area contributed by atoms with Gasteiger partial charge in [-0.25, -0.2) is 9.59 Å². The Kier molecular flexibility index (Phi) is 7.38. The first-order valence-electron chi connectivity index (χ1n) is 11.8. The van der Waals surface area contributed by atoms with E-state index in [0.717, 1.165) is 5.75 Å². The topological polar surface area (TPSA) is 116 Å². The molecular formula is C27H27N3O7. The van der Waals surface area contributed by atoms with Gasteiger partial charge in [-0.1, -0.05) is 18.2 Å². The number of anilines is 2. The van der Waals surface area contributed by atoms with Crippen LogP contribution in [-0.4, -0.2) is 56.8 Å². The fourth-order valence-corrected chi connectivity index (χ4v) is 4.21. The molecule has 4 atom stereocenters. The average molecular weight is 506 g/mol. The Labute approximate surface area is 213 Å². The Morgan fingerprint density at radius 3 is 2.08 bits per heavy atom. The molecule has 0 radical (unpaired) electrons. The number of nitrogens with one attached hydrogen (secondary N) is 3. The Morgan fingerprint density at radius 2 is 1.38 bits per heavy atom. The molecule has 10 heteroatoms. The van der Waals surface area contributed by atoms with E-state index in [9.17, 15) is 9.59 Å². The number of carbonyl (C=O) groups is 2. The van der Waals surface area contributed by atoms with E-state index in [1.807, 2.05) is 30.3 Å². The molecule has 2 saturated heterocycles. The lowest BCUT2D eigenvalue weighted by atomic mass is 10.1. The van der Waals surface area contributed by atoms with Gasteiger partial charge in [0.1, 0.15) is 29.5 Å². The van der Waals surface area contributed by atoms with Gasteiger partial charge >= 0.3 is 12.1 Å². The summed E-state index contributed by atoms with van der Waals surface area (Å²) in [5, 5.41) is 8.33. The number of fused-ring (bicyclic) bond motifs is 1. The molecule has 3 aromatic rings. The smallest absolute Gasteiger partial charge is 0.412 e. The van der Waals surface area contributed by atoms with Crippen molar-refractivity contribution in [2.75, 3.05) is 31.0 Å². The molecule has 0 bridgehead atoms. The maximum Gasteiger partial charge on any atom is 0.412 e. The minimum atomic E-state index is -0.622. The SMILES string of the molecule is COc1ccc(NC(=O)N[C@H]2CO[C@H]3[C@@H]2OC[C@H]3OC(=O)Nc2ccc(Oc3ccccc3)cc2)cc1. The van der Waals surface area contributed by atoms with E-state index in [0.29, 0.717) is 22.9 Å². The van der Waals surface area contributed by atoms with Crippen molar-refractivity contribution >= 4 is 23.5 Å². The Morgan fingerprint density at radius 1 is 0.757 bits per heavy atom. The van der Waals surface area contributed by atoms with Crippen molar-refractivity contribution in [2.45, 2.75) is 24.4 Å². The summed E-state index contributed by atoms with van der Waals surface area (Å²) in [5.74, 6) is 2.06.